The SMILES string of the molecule is CC1C=CCC(C)(C(C)C)CC=N1. The van der Waals surface area contributed by atoms with Crippen LogP contribution in [0, 0.1) is 11.3 Å². The fourth-order valence-electron chi connectivity index (χ4n) is 1.57. The van der Waals surface area contributed by atoms with Crippen molar-refractivity contribution in [2.24, 2.45) is 16.3 Å². The van der Waals surface area contributed by atoms with Crippen LogP contribution < -0.4 is 0 Å². The highest BCUT2D eigenvalue weighted by Crippen LogP contribution is 2.35. The summed E-state index contributed by atoms with van der Waals surface area (Å²) in [7, 11) is 0. The van der Waals surface area contributed by atoms with Gasteiger partial charge in [0.2, 0.25) is 0 Å². The Bertz CT molecular complexity index is 197. The molecule has 1 heterocycles. The van der Waals surface area contributed by atoms with Gasteiger partial charge in [0.05, 0.1) is 6.04 Å². The molecule has 2 unspecified atom stereocenters. The summed E-state index contributed by atoms with van der Waals surface area (Å²) < 4.78 is 0. The van der Waals surface area contributed by atoms with Gasteiger partial charge in [0.25, 0.3) is 0 Å². The van der Waals surface area contributed by atoms with E-state index in [2.05, 4.69) is 51.1 Å². The molecule has 0 radical (unpaired) electrons. The Morgan fingerprint density at radius 2 is 2.08 bits per heavy atom. The highest BCUT2D eigenvalue weighted by molar-refractivity contribution is 5.59. The molecule has 0 saturated carbocycles. The maximum atomic E-state index is 4.45. The van der Waals surface area contributed by atoms with Gasteiger partial charge in [-0.1, -0.05) is 32.9 Å². The number of hydrogen-bond acceptors (Lipinski definition) is 1. The van der Waals surface area contributed by atoms with E-state index < -0.39 is 0 Å². The van der Waals surface area contributed by atoms with E-state index >= 15 is 0 Å². The molecule has 1 nitrogen and oxygen atoms in total. The quantitative estimate of drug-likeness (QED) is 0.547. The van der Waals surface area contributed by atoms with Crippen LogP contribution in [0.1, 0.15) is 40.5 Å². The zero-order valence-electron chi connectivity index (χ0n) is 9.25. The van der Waals surface area contributed by atoms with Crippen molar-refractivity contribution in [3.8, 4) is 0 Å². The monoisotopic (exact) mass is 179 g/mol. The molecule has 1 aliphatic rings. The van der Waals surface area contributed by atoms with Gasteiger partial charge < -0.3 is 0 Å². The second-order valence-electron chi connectivity index (χ2n) is 4.72. The zero-order chi connectivity index (χ0) is 9.90. The van der Waals surface area contributed by atoms with Crippen molar-refractivity contribution < 1.29 is 0 Å². The first-order chi connectivity index (χ1) is 6.04. The van der Waals surface area contributed by atoms with Crippen LogP contribution in [0.3, 0.4) is 0 Å². The van der Waals surface area contributed by atoms with Gasteiger partial charge in [0.1, 0.15) is 0 Å². The van der Waals surface area contributed by atoms with Gasteiger partial charge in [0.15, 0.2) is 0 Å². The maximum absolute atomic E-state index is 4.45. The molecule has 0 fully saturated rings. The minimum absolute atomic E-state index is 0.372. The van der Waals surface area contributed by atoms with E-state index in [1.54, 1.807) is 0 Å². The van der Waals surface area contributed by atoms with Gasteiger partial charge in [-0.05, 0) is 37.3 Å². The number of hydrogen-bond donors (Lipinski definition) is 0. The van der Waals surface area contributed by atoms with E-state index in [-0.39, 0.29) is 0 Å². The molecule has 0 aromatic rings. The Hall–Kier alpha value is -0.590. The predicted molar refractivity (Wildman–Crippen MR) is 59.3 cm³/mol. The maximum Gasteiger partial charge on any atom is 0.0647 e. The molecule has 0 saturated heterocycles. The summed E-state index contributed by atoms with van der Waals surface area (Å²) >= 11 is 0. The molecule has 74 valence electrons. The average molecular weight is 179 g/mol. The summed E-state index contributed by atoms with van der Waals surface area (Å²) in [6.45, 7) is 9.08. The fraction of sp³-hybridized carbons (Fsp3) is 0.750. The van der Waals surface area contributed by atoms with E-state index in [0.717, 1.165) is 12.3 Å². The lowest BCUT2D eigenvalue weighted by Gasteiger charge is -2.32. The van der Waals surface area contributed by atoms with Crippen molar-refractivity contribution in [3.63, 3.8) is 0 Å². The smallest absolute Gasteiger partial charge is 0.0647 e. The third kappa shape index (κ3) is 2.68. The molecule has 1 rings (SSSR count). The summed E-state index contributed by atoms with van der Waals surface area (Å²) in [6.07, 6.45) is 8.89. The molecule has 1 aliphatic heterocycles. The first kappa shape index (κ1) is 10.5. The minimum Gasteiger partial charge on any atom is -0.290 e. The molecule has 0 amide bonds. The first-order valence-corrected chi connectivity index (χ1v) is 5.23. The largest absolute Gasteiger partial charge is 0.290 e. The Morgan fingerprint density at radius 3 is 2.69 bits per heavy atom. The summed E-state index contributed by atoms with van der Waals surface area (Å²) in [5.41, 5.74) is 0.403. The van der Waals surface area contributed by atoms with Crippen LogP contribution in [0.25, 0.3) is 0 Å². The molecule has 2 atom stereocenters. The van der Waals surface area contributed by atoms with Crippen molar-refractivity contribution in [2.45, 2.75) is 46.6 Å². The van der Waals surface area contributed by atoms with Crippen molar-refractivity contribution in [1.29, 1.82) is 0 Å². The van der Waals surface area contributed by atoms with E-state index in [9.17, 15) is 0 Å². The minimum atomic E-state index is 0.372. The van der Waals surface area contributed by atoms with Gasteiger partial charge in [-0.15, -0.1) is 0 Å². The van der Waals surface area contributed by atoms with Gasteiger partial charge in [-0.3, -0.25) is 4.99 Å². The third-order valence-electron chi connectivity index (χ3n) is 3.29. The van der Waals surface area contributed by atoms with Gasteiger partial charge >= 0.3 is 0 Å². The Kier molecular flexibility index (Phi) is 3.29. The lowest BCUT2D eigenvalue weighted by atomic mass is 9.73. The van der Waals surface area contributed by atoms with E-state index in [1.165, 1.54) is 6.42 Å². The highest BCUT2D eigenvalue weighted by Gasteiger charge is 2.26. The fourth-order valence-corrected chi connectivity index (χ4v) is 1.57. The van der Waals surface area contributed by atoms with Crippen molar-refractivity contribution in [2.75, 3.05) is 0 Å². The van der Waals surface area contributed by atoms with Gasteiger partial charge in [-0.25, -0.2) is 0 Å². The second kappa shape index (κ2) is 4.08. The predicted octanol–water partition coefficient (Wildman–Crippen LogP) is 3.46. The molecular formula is C12H21N. The topological polar surface area (TPSA) is 12.4 Å². The van der Waals surface area contributed by atoms with E-state index in [0.29, 0.717) is 11.5 Å². The molecular weight excluding hydrogens is 158 g/mol. The van der Waals surface area contributed by atoms with Crippen LogP contribution in [-0.2, 0) is 0 Å². The van der Waals surface area contributed by atoms with Gasteiger partial charge in [0, 0.05) is 0 Å². The van der Waals surface area contributed by atoms with Crippen LogP contribution in [-0.4, -0.2) is 12.3 Å². The first-order valence-electron chi connectivity index (χ1n) is 5.23. The lowest BCUT2D eigenvalue weighted by Crippen LogP contribution is -2.24. The Morgan fingerprint density at radius 1 is 1.38 bits per heavy atom. The average Bonchev–Trinajstić information content (AvgIpc) is 2.01. The summed E-state index contributed by atoms with van der Waals surface area (Å²) in [4.78, 5) is 4.45. The zero-order valence-corrected chi connectivity index (χ0v) is 9.25. The number of aliphatic imine (C=N–C) groups is 1. The molecule has 0 aromatic carbocycles. The molecule has 0 spiro atoms. The number of rotatable bonds is 1. The lowest BCUT2D eigenvalue weighted by molar-refractivity contribution is 0.233. The van der Waals surface area contributed by atoms with Gasteiger partial charge in [-0.2, -0.15) is 0 Å². The molecule has 0 aliphatic carbocycles. The molecule has 1 heteroatoms. The summed E-state index contributed by atoms with van der Waals surface area (Å²) in [5.74, 6) is 0.719. The normalized spacial score (nSPS) is 34.7. The summed E-state index contributed by atoms with van der Waals surface area (Å²) in [5, 5.41) is 0. The molecule has 0 aromatic heterocycles. The Balaban J connectivity index is 2.72. The molecule has 13 heavy (non-hydrogen) atoms. The third-order valence-corrected chi connectivity index (χ3v) is 3.29. The standard InChI is InChI=1S/C12H21N/c1-10(2)12(4)7-5-6-11(3)13-9-8-12/h5-6,9-11H,7-8H2,1-4H3. The van der Waals surface area contributed by atoms with Crippen molar-refractivity contribution in [1.82, 2.24) is 0 Å². The number of allylic oxidation sites excluding steroid dienone is 1. The van der Waals surface area contributed by atoms with Crippen LogP contribution in [0.4, 0.5) is 0 Å². The molecule has 0 N–H and O–H groups in total. The summed E-state index contributed by atoms with van der Waals surface area (Å²) in [6, 6.07) is 0.372. The Labute approximate surface area is 82.0 Å². The van der Waals surface area contributed by atoms with E-state index in [4.69, 9.17) is 0 Å². The van der Waals surface area contributed by atoms with Crippen LogP contribution in [0.5, 0.6) is 0 Å². The van der Waals surface area contributed by atoms with E-state index in [1.807, 2.05) is 0 Å². The van der Waals surface area contributed by atoms with Crippen LogP contribution in [0.2, 0.25) is 0 Å². The second-order valence-corrected chi connectivity index (χ2v) is 4.72. The van der Waals surface area contributed by atoms with Crippen molar-refractivity contribution in [3.05, 3.63) is 12.2 Å². The van der Waals surface area contributed by atoms with Crippen molar-refractivity contribution >= 4 is 6.21 Å². The van der Waals surface area contributed by atoms with Crippen LogP contribution in [0.15, 0.2) is 17.1 Å². The van der Waals surface area contributed by atoms with Crippen LogP contribution >= 0.6 is 0 Å². The molecule has 0 bridgehead atoms. The number of nitrogens with zero attached hydrogens (tertiary/aromatic N) is 1. The highest BCUT2D eigenvalue weighted by atomic mass is 14.7.